The normalized spacial score (nSPS) is 23.6. The molecular formula is C51H63Cl2N17O14S7. The quantitative estimate of drug-likeness (QED) is 0.0834. The first-order valence-corrected chi connectivity index (χ1v) is 36.4. The molecule has 0 bridgehead atoms. The monoisotopic (exact) mass is 1430 g/mol. The number of carbonyl (C=O) groups is 5. The van der Waals surface area contributed by atoms with Crippen molar-refractivity contribution in [2.75, 3.05) is 22.5 Å². The Hall–Kier alpha value is -6.56. The van der Waals surface area contributed by atoms with Crippen LogP contribution in [-0.4, -0.2) is 113 Å². The van der Waals surface area contributed by atoms with Crippen molar-refractivity contribution in [3.63, 3.8) is 0 Å². The largest absolute Gasteiger partial charge is 0.458 e. The minimum atomic E-state index is -4.18. The lowest BCUT2D eigenvalue weighted by atomic mass is 9.46. The second-order valence-electron chi connectivity index (χ2n) is 22.0. The number of aryl methyl sites for hydroxylation is 1. The SMILES string of the molecule is CC(=O)N=c1sc(S(N)(=O)=O)nn1C.CC(=O)Nc1nnc(S(N)(=O)=O)s1.CC(=O)S[C@@H]1CC2=CC(=O)CC[C@]2(C)[C@H]2CC[C@@]3(C)[C@@H](CC[C@@]34CCC(=O)O4)[C@H]12.NS(=O)(=O)c1cc(Cl)c(Cl)c(S(N)(=O)=O)c1.Nc1nc(N)c2nc(-c3ccccc3)c(N)nc2n1. The van der Waals surface area contributed by atoms with Crippen molar-refractivity contribution in [3.05, 3.63) is 69.0 Å². The lowest BCUT2D eigenvalue weighted by Crippen LogP contribution is -2.57. The molecule has 4 fully saturated rings. The van der Waals surface area contributed by atoms with E-state index in [2.05, 4.69) is 59.4 Å². The van der Waals surface area contributed by atoms with E-state index in [1.807, 2.05) is 36.4 Å². The highest BCUT2D eigenvalue weighted by Gasteiger charge is 2.68. The van der Waals surface area contributed by atoms with Gasteiger partial charge in [-0.2, -0.15) is 15.0 Å². The van der Waals surface area contributed by atoms with Gasteiger partial charge in [-0.05, 0) is 86.3 Å². The lowest BCUT2D eigenvalue weighted by Gasteiger charge is -2.61. The number of benzene rings is 2. The number of ketones is 1. The van der Waals surface area contributed by atoms with Gasteiger partial charge in [-0.1, -0.05) is 107 Å². The zero-order valence-corrected chi connectivity index (χ0v) is 56.4. The van der Waals surface area contributed by atoms with Gasteiger partial charge < -0.3 is 27.3 Å². The molecule has 1 saturated heterocycles. The Morgan fingerprint density at radius 3 is 1.97 bits per heavy atom. The molecule has 4 aromatic heterocycles. The van der Waals surface area contributed by atoms with Crippen molar-refractivity contribution in [1.82, 2.24) is 39.9 Å². The minimum Gasteiger partial charge on any atom is -0.458 e. The fourth-order valence-electron chi connectivity index (χ4n) is 12.0. The fraction of sp³-hybridized carbons (Fsp3) is 0.431. The van der Waals surface area contributed by atoms with Crippen molar-refractivity contribution in [2.45, 2.75) is 122 Å². The number of carbonyl (C=O) groups excluding carboxylic acids is 5. The van der Waals surface area contributed by atoms with E-state index in [1.165, 1.54) is 42.9 Å². The predicted molar refractivity (Wildman–Crippen MR) is 340 cm³/mol. The van der Waals surface area contributed by atoms with Crippen LogP contribution >= 0.6 is 57.6 Å². The molecule has 11 rings (SSSR count). The molecule has 4 aliphatic carbocycles. The van der Waals surface area contributed by atoms with Gasteiger partial charge in [0.05, 0.1) is 14.9 Å². The van der Waals surface area contributed by atoms with Crippen LogP contribution in [0.3, 0.4) is 0 Å². The van der Waals surface area contributed by atoms with E-state index in [-0.39, 0.29) is 90.7 Å². The Morgan fingerprint density at radius 1 is 0.769 bits per heavy atom. The van der Waals surface area contributed by atoms with Gasteiger partial charge in [0.15, 0.2) is 33.7 Å². The number of rotatable bonds is 7. The van der Waals surface area contributed by atoms with E-state index >= 15 is 0 Å². The smallest absolute Gasteiger partial charge is 0.306 e. The third kappa shape index (κ3) is 16.6. The van der Waals surface area contributed by atoms with Crippen LogP contribution in [0.25, 0.3) is 22.4 Å². The number of amides is 2. The van der Waals surface area contributed by atoms with Crippen molar-refractivity contribution >= 4 is 160 Å². The summed E-state index contributed by atoms with van der Waals surface area (Å²) in [7, 11) is -14.4. The topological polar surface area (TPSA) is 533 Å². The van der Waals surface area contributed by atoms with Gasteiger partial charge in [0.25, 0.3) is 20.0 Å². The number of aromatic nitrogens is 8. The first-order valence-electron chi connectivity index (χ1n) is 26.9. The summed E-state index contributed by atoms with van der Waals surface area (Å²) in [5.74, 6) is 1.41. The Labute approximate surface area is 544 Å². The van der Waals surface area contributed by atoms with Gasteiger partial charge in [-0.25, -0.2) is 68.9 Å². The number of nitrogens with one attached hydrogen (secondary N) is 1. The highest BCUT2D eigenvalue weighted by Crippen LogP contribution is 2.70. The molecule has 2 amide bonds. The molecule has 40 heteroatoms. The molecule has 6 aromatic rings. The number of thioether (sulfide) groups is 1. The molecule has 5 aliphatic rings. The first kappa shape index (κ1) is 71.9. The summed E-state index contributed by atoms with van der Waals surface area (Å²) in [6.45, 7) is 8.95. The number of esters is 1. The maximum absolute atomic E-state index is 12.2. The Balaban J connectivity index is 0.000000168. The van der Waals surface area contributed by atoms with Gasteiger partial charge in [0.1, 0.15) is 16.2 Å². The fourth-order valence-corrected chi connectivity index (χ4v) is 18.3. The number of sulfonamides is 4. The summed E-state index contributed by atoms with van der Waals surface area (Å²) in [5, 5.41) is 31.7. The van der Waals surface area contributed by atoms with Crippen LogP contribution in [0, 0.1) is 28.6 Å². The summed E-state index contributed by atoms with van der Waals surface area (Å²) in [4.78, 5) is 76.7. The first-order chi connectivity index (χ1) is 42.1. The van der Waals surface area contributed by atoms with Crippen LogP contribution in [0.1, 0.15) is 92.4 Å². The summed E-state index contributed by atoms with van der Waals surface area (Å²) < 4.78 is 94.0. The van der Waals surface area contributed by atoms with Crippen LogP contribution in [0.2, 0.25) is 10.0 Å². The highest BCUT2D eigenvalue weighted by molar-refractivity contribution is 8.14. The van der Waals surface area contributed by atoms with Gasteiger partial charge in [-0.3, -0.25) is 24.0 Å². The van der Waals surface area contributed by atoms with Crippen molar-refractivity contribution in [3.8, 4) is 11.3 Å². The van der Waals surface area contributed by atoms with Crippen molar-refractivity contribution < 1.29 is 62.4 Å². The summed E-state index contributed by atoms with van der Waals surface area (Å²) in [5.41, 5.74) is 20.4. The van der Waals surface area contributed by atoms with E-state index in [0.29, 0.717) is 58.8 Å². The summed E-state index contributed by atoms with van der Waals surface area (Å²) >= 11 is 14.1. The van der Waals surface area contributed by atoms with Crippen LogP contribution in [0.15, 0.2) is 77.6 Å². The average Bonchev–Trinajstić information content (AvgIpc) is 1.62. The number of halogens is 2. The van der Waals surface area contributed by atoms with Crippen LogP contribution in [0.4, 0.5) is 22.7 Å². The van der Waals surface area contributed by atoms with E-state index in [4.69, 9.17) is 65.7 Å². The number of hydrogen-bond acceptors (Lipinski definition) is 27. The molecule has 1 spiro atoms. The maximum Gasteiger partial charge on any atom is 0.306 e. The molecule has 0 unspecified atom stereocenters. The second kappa shape index (κ2) is 27.6. The lowest BCUT2D eigenvalue weighted by molar-refractivity contribution is -0.167. The molecule has 3 saturated carbocycles. The number of nitrogen functional groups attached to an aromatic ring is 3. The minimum absolute atomic E-state index is 0.0119. The second-order valence-corrected chi connectivity index (χ2v) is 32.7. The number of nitrogens with two attached hydrogens (primary N) is 7. The van der Waals surface area contributed by atoms with Gasteiger partial charge in [-0.15, -0.1) is 15.3 Å². The molecule has 2 aromatic carbocycles. The van der Waals surface area contributed by atoms with Gasteiger partial charge in [0, 0.05) is 56.9 Å². The zero-order valence-electron chi connectivity index (χ0n) is 49.2. The molecule has 91 heavy (non-hydrogen) atoms. The molecule has 7 atom stereocenters. The van der Waals surface area contributed by atoms with Crippen LogP contribution < -0.4 is 47.9 Å². The number of anilines is 4. The van der Waals surface area contributed by atoms with Crippen LogP contribution in [-0.2, 0) is 75.9 Å². The summed E-state index contributed by atoms with van der Waals surface area (Å²) in [6, 6.07) is 11.2. The van der Waals surface area contributed by atoms with E-state index in [0.717, 1.165) is 74.0 Å². The highest BCUT2D eigenvalue weighted by atomic mass is 35.5. The van der Waals surface area contributed by atoms with Gasteiger partial charge >= 0.3 is 5.97 Å². The number of ether oxygens (including phenoxy) is 1. The van der Waals surface area contributed by atoms with E-state index < -0.39 is 55.8 Å². The van der Waals surface area contributed by atoms with Crippen LogP contribution in [0.5, 0.6) is 0 Å². The predicted octanol–water partition coefficient (Wildman–Crippen LogP) is 3.69. The molecule has 1 aliphatic heterocycles. The molecule has 31 nitrogen and oxygen atoms in total. The molecule has 0 radical (unpaired) electrons. The van der Waals surface area contributed by atoms with E-state index in [1.54, 1.807) is 6.92 Å². The third-order valence-electron chi connectivity index (χ3n) is 16.0. The number of fused-ring (bicyclic) bond motifs is 7. The Kier molecular flexibility index (Phi) is 21.8. The molecular weight excluding hydrogens is 1370 g/mol. The summed E-state index contributed by atoms with van der Waals surface area (Å²) in [6.07, 6.45) is 10.0. The van der Waals surface area contributed by atoms with Gasteiger partial charge in [0.2, 0.25) is 56.4 Å². The maximum atomic E-state index is 12.2. The third-order valence-corrected chi connectivity index (χ3v) is 24.3. The number of allylic oxidation sites excluding steroid dienone is 1. The molecule has 492 valence electrons. The molecule has 15 N–H and O–H groups in total. The number of nitrogens with zero attached hydrogens (tertiary/aromatic N) is 9. The Morgan fingerprint density at radius 2 is 1.42 bits per heavy atom. The standard InChI is InChI=1S/C24H32O4S.C12H11N7.C6H6Cl2N2O4S2.C5H8N4O3S2.C4H6N4O3S2/c1-14(25)29-19-13-15-12-16(26)4-8-22(15,2)17-5-9-23(3)18(21(17)19)6-10-24(23)11-7-20(27)28-24;13-9-7(6-4-2-1-3-5-6)16-8-10(14)18-12(15)19-11(8)17-9;7-4-1-3(15(9,11)12)2-5(6(4)8)16(10,13)14;1-3(10)7-4-9(2)8-5(13-4)14(6,11)12;1-2(9)6-3-7-8-4(12-3)13(5,10)11/h12,17-19,21H,4-11,13H2,1-3H3;1-5H,(H6,13,14,15,17,18,19);1-2H,(H2,9,11,12)(H2,10,13,14);1-2H3,(H2,6,11,12);1H3,(H2,5,10,11)(H,6,7,9)/t17-,18-,19+,21+,22-,23-,24+;;;;/m0..../s1. The van der Waals surface area contributed by atoms with E-state index in [9.17, 15) is 57.6 Å². The van der Waals surface area contributed by atoms with Crippen molar-refractivity contribution in [2.24, 2.45) is 61.2 Å². The number of primary sulfonamides is 4. The Bertz CT molecular complexity index is 4480. The van der Waals surface area contributed by atoms with Crippen molar-refractivity contribution in [1.29, 1.82) is 0 Å². The molecule has 5 heterocycles. The average molecular weight is 1430 g/mol. The zero-order chi connectivity index (χ0) is 67.7. The number of hydrogen-bond donors (Lipinski definition) is 8.